The highest BCUT2D eigenvalue weighted by Gasteiger charge is 2.36. The molecular formula is C14H20ClNO3S. The lowest BCUT2D eigenvalue weighted by atomic mass is 10.0. The van der Waals surface area contributed by atoms with Gasteiger partial charge in [0, 0.05) is 18.2 Å². The van der Waals surface area contributed by atoms with Gasteiger partial charge in [-0.25, -0.2) is 13.1 Å². The zero-order valence-corrected chi connectivity index (χ0v) is 13.2. The Morgan fingerprint density at radius 2 is 1.95 bits per heavy atom. The average molecular weight is 318 g/mol. The van der Waals surface area contributed by atoms with Gasteiger partial charge < -0.3 is 4.74 Å². The van der Waals surface area contributed by atoms with Crippen LogP contribution in [0.3, 0.4) is 0 Å². The highest BCUT2D eigenvalue weighted by molar-refractivity contribution is 7.90. The summed E-state index contributed by atoms with van der Waals surface area (Å²) in [6.07, 6.45) is 2.10. The van der Waals surface area contributed by atoms with E-state index in [0.29, 0.717) is 10.9 Å². The summed E-state index contributed by atoms with van der Waals surface area (Å²) in [5.74, 6) is 0.376. The molecule has 6 heteroatoms. The summed E-state index contributed by atoms with van der Waals surface area (Å²) in [6.45, 7) is 1.84. The number of ether oxygens (including phenoxy) is 1. The Kier molecular flexibility index (Phi) is 5.07. The molecule has 0 saturated heterocycles. The van der Waals surface area contributed by atoms with Crippen LogP contribution in [0.4, 0.5) is 0 Å². The summed E-state index contributed by atoms with van der Waals surface area (Å²) in [5, 5.41) is 0.0833. The van der Waals surface area contributed by atoms with Crippen molar-refractivity contribution in [3.8, 4) is 0 Å². The van der Waals surface area contributed by atoms with Crippen molar-refractivity contribution in [2.45, 2.75) is 31.1 Å². The van der Waals surface area contributed by atoms with Gasteiger partial charge in [0.25, 0.3) is 0 Å². The van der Waals surface area contributed by atoms with Crippen molar-refractivity contribution in [2.75, 3.05) is 13.7 Å². The predicted molar refractivity (Wildman–Crippen MR) is 80.3 cm³/mol. The highest BCUT2D eigenvalue weighted by atomic mass is 35.5. The van der Waals surface area contributed by atoms with E-state index in [1.807, 2.05) is 12.1 Å². The smallest absolute Gasteiger partial charge is 0.217 e. The molecule has 2 atom stereocenters. The zero-order valence-electron chi connectivity index (χ0n) is 11.7. The SMILES string of the molecule is COC[C@@H](C)S(=O)(=O)N[C@@H](c1ccc(Cl)cc1)C1CC1. The number of methoxy groups -OCH3 is 1. The molecule has 0 amide bonds. The van der Waals surface area contributed by atoms with Crippen molar-refractivity contribution in [1.82, 2.24) is 4.72 Å². The molecule has 1 aromatic carbocycles. The summed E-state index contributed by atoms with van der Waals surface area (Å²) in [7, 11) is -1.89. The minimum Gasteiger partial charge on any atom is -0.383 e. The van der Waals surface area contributed by atoms with Gasteiger partial charge >= 0.3 is 0 Å². The lowest BCUT2D eigenvalue weighted by Gasteiger charge is -2.21. The Hall–Kier alpha value is -0.620. The Morgan fingerprint density at radius 3 is 2.45 bits per heavy atom. The van der Waals surface area contributed by atoms with Gasteiger partial charge in [-0.05, 0) is 43.4 Å². The fourth-order valence-electron chi connectivity index (χ4n) is 2.15. The Morgan fingerprint density at radius 1 is 1.35 bits per heavy atom. The van der Waals surface area contributed by atoms with Crippen LogP contribution in [0, 0.1) is 5.92 Å². The fraction of sp³-hybridized carbons (Fsp3) is 0.571. The number of hydrogen-bond donors (Lipinski definition) is 1. The van der Waals surface area contributed by atoms with E-state index in [-0.39, 0.29) is 12.6 Å². The van der Waals surface area contributed by atoms with Gasteiger partial charge in [0.15, 0.2) is 0 Å². The second-order valence-corrected chi connectivity index (χ2v) is 7.86. The molecule has 20 heavy (non-hydrogen) atoms. The van der Waals surface area contributed by atoms with Crippen LogP contribution >= 0.6 is 11.6 Å². The van der Waals surface area contributed by atoms with E-state index < -0.39 is 15.3 Å². The molecule has 0 spiro atoms. The van der Waals surface area contributed by atoms with E-state index in [0.717, 1.165) is 18.4 Å². The lowest BCUT2D eigenvalue weighted by Crippen LogP contribution is -2.38. The van der Waals surface area contributed by atoms with E-state index in [4.69, 9.17) is 16.3 Å². The molecule has 1 aliphatic rings. The van der Waals surface area contributed by atoms with E-state index >= 15 is 0 Å². The molecule has 0 radical (unpaired) electrons. The molecule has 1 aromatic rings. The molecule has 0 bridgehead atoms. The maximum atomic E-state index is 12.3. The molecule has 0 heterocycles. The normalized spacial score (nSPS) is 18.8. The van der Waals surface area contributed by atoms with Gasteiger partial charge in [0.05, 0.1) is 11.9 Å². The first kappa shape index (κ1) is 15.8. The third-order valence-electron chi connectivity index (χ3n) is 3.54. The standard InChI is InChI=1S/C14H20ClNO3S/c1-10(9-19-2)20(17,18)16-14(11-3-4-11)12-5-7-13(15)8-6-12/h5-8,10-11,14,16H,3-4,9H2,1-2H3/t10-,14-/m1/s1. The third-order valence-corrected chi connectivity index (χ3v) is 5.57. The first-order chi connectivity index (χ1) is 9.44. The molecule has 2 rings (SSSR count). The van der Waals surface area contributed by atoms with Crippen LogP contribution < -0.4 is 4.72 Å². The van der Waals surface area contributed by atoms with Crippen molar-refractivity contribution in [3.63, 3.8) is 0 Å². The number of nitrogens with one attached hydrogen (secondary N) is 1. The monoisotopic (exact) mass is 317 g/mol. The first-order valence-electron chi connectivity index (χ1n) is 6.69. The molecule has 0 aliphatic heterocycles. The maximum absolute atomic E-state index is 12.3. The van der Waals surface area contributed by atoms with Crippen LogP contribution in [0.5, 0.6) is 0 Å². The molecule has 0 unspecified atom stereocenters. The molecule has 1 saturated carbocycles. The van der Waals surface area contributed by atoms with Crippen molar-refractivity contribution >= 4 is 21.6 Å². The minimum absolute atomic E-state index is 0.170. The first-order valence-corrected chi connectivity index (χ1v) is 8.62. The Bertz CT molecular complexity index is 540. The lowest BCUT2D eigenvalue weighted by molar-refractivity contribution is 0.200. The Labute approximate surface area is 125 Å². The summed E-state index contributed by atoms with van der Waals surface area (Å²) < 4.78 is 32.3. The largest absolute Gasteiger partial charge is 0.383 e. The minimum atomic E-state index is -3.39. The Balaban J connectivity index is 2.16. The van der Waals surface area contributed by atoms with Crippen LogP contribution in [-0.4, -0.2) is 27.4 Å². The second kappa shape index (κ2) is 6.43. The number of benzene rings is 1. The summed E-state index contributed by atoms with van der Waals surface area (Å²) >= 11 is 5.88. The number of sulfonamides is 1. The fourth-order valence-corrected chi connectivity index (χ4v) is 3.51. The van der Waals surface area contributed by atoms with Gasteiger partial charge in [-0.3, -0.25) is 0 Å². The van der Waals surface area contributed by atoms with Gasteiger partial charge in [0.1, 0.15) is 0 Å². The van der Waals surface area contributed by atoms with Crippen molar-refractivity contribution in [2.24, 2.45) is 5.92 Å². The van der Waals surface area contributed by atoms with E-state index in [1.165, 1.54) is 7.11 Å². The summed E-state index contributed by atoms with van der Waals surface area (Å²) in [5.41, 5.74) is 0.963. The molecule has 4 nitrogen and oxygen atoms in total. The van der Waals surface area contributed by atoms with Crippen molar-refractivity contribution in [3.05, 3.63) is 34.9 Å². The molecule has 1 N–H and O–H groups in total. The molecular weight excluding hydrogens is 298 g/mol. The van der Waals surface area contributed by atoms with Gasteiger partial charge in [-0.1, -0.05) is 23.7 Å². The van der Waals surface area contributed by atoms with Gasteiger partial charge in [-0.2, -0.15) is 0 Å². The van der Waals surface area contributed by atoms with Crippen LogP contribution in [0.15, 0.2) is 24.3 Å². The van der Waals surface area contributed by atoms with Crippen LogP contribution in [0.2, 0.25) is 5.02 Å². The second-order valence-electron chi connectivity index (χ2n) is 5.30. The predicted octanol–water partition coefficient (Wildman–Crippen LogP) is 2.75. The quantitative estimate of drug-likeness (QED) is 0.841. The maximum Gasteiger partial charge on any atom is 0.217 e. The third kappa shape index (κ3) is 3.95. The molecule has 112 valence electrons. The van der Waals surface area contributed by atoms with Crippen LogP contribution in [-0.2, 0) is 14.8 Å². The molecule has 0 aromatic heterocycles. The summed E-state index contributed by atoms with van der Waals surface area (Å²) in [4.78, 5) is 0. The van der Waals surface area contributed by atoms with Crippen LogP contribution in [0.1, 0.15) is 31.4 Å². The van der Waals surface area contributed by atoms with E-state index in [2.05, 4.69) is 4.72 Å². The van der Waals surface area contributed by atoms with Crippen molar-refractivity contribution in [1.29, 1.82) is 0 Å². The average Bonchev–Trinajstić information content (AvgIpc) is 3.22. The van der Waals surface area contributed by atoms with Crippen molar-refractivity contribution < 1.29 is 13.2 Å². The van der Waals surface area contributed by atoms with Crippen LogP contribution in [0.25, 0.3) is 0 Å². The number of hydrogen-bond acceptors (Lipinski definition) is 3. The zero-order chi connectivity index (χ0) is 14.8. The topological polar surface area (TPSA) is 55.4 Å². The molecule has 1 aliphatic carbocycles. The summed E-state index contributed by atoms with van der Waals surface area (Å²) in [6, 6.07) is 7.18. The number of rotatable bonds is 7. The number of halogens is 1. The highest BCUT2D eigenvalue weighted by Crippen LogP contribution is 2.41. The van der Waals surface area contributed by atoms with Gasteiger partial charge in [0.2, 0.25) is 10.0 Å². The van der Waals surface area contributed by atoms with E-state index in [9.17, 15) is 8.42 Å². The molecule has 1 fully saturated rings. The van der Waals surface area contributed by atoms with E-state index in [1.54, 1.807) is 19.1 Å². The van der Waals surface area contributed by atoms with Gasteiger partial charge in [-0.15, -0.1) is 0 Å².